The number of aliphatic carboxylic acids is 1. The van der Waals surface area contributed by atoms with Crippen LogP contribution < -0.4 is 14.8 Å². The fourth-order valence-corrected chi connectivity index (χ4v) is 2.37. The second-order valence-corrected chi connectivity index (χ2v) is 5.24. The molecular formula is C14H18BrF2NO4. The minimum atomic E-state index is -2.93. The molecule has 0 radical (unpaired) electrons. The molecule has 0 fully saturated rings. The Labute approximate surface area is 135 Å². The van der Waals surface area contributed by atoms with Crippen LogP contribution in [0.25, 0.3) is 0 Å². The fraction of sp³-hybridized carbons (Fsp3) is 0.500. The molecule has 22 heavy (non-hydrogen) atoms. The van der Waals surface area contributed by atoms with Crippen molar-refractivity contribution in [3.8, 4) is 11.5 Å². The van der Waals surface area contributed by atoms with E-state index in [1.54, 1.807) is 19.1 Å². The summed E-state index contributed by atoms with van der Waals surface area (Å²) >= 11 is 3.19. The highest BCUT2D eigenvalue weighted by Gasteiger charge is 2.16. The monoisotopic (exact) mass is 381 g/mol. The van der Waals surface area contributed by atoms with Crippen LogP contribution in [0.4, 0.5) is 8.78 Å². The van der Waals surface area contributed by atoms with E-state index >= 15 is 0 Å². The predicted octanol–water partition coefficient (Wildman–Crippen LogP) is 3.40. The number of alkyl halides is 2. The van der Waals surface area contributed by atoms with Crippen molar-refractivity contribution >= 4 is 21.9 Å². The van der Waals surface area contributed by atoms with E-state index < -0.39 is 12.6 Å². The molecule has 0 aliphatic heterocycles. The van der Waals surface area contributed by atoms with Gasteiger partial charge in [-0.2, -0.15) is 8.78 Å². The highest BCUT2D eigenvalue weighted by molar-refractivity contribution is 9.10. The van der Waals surface area contributed by atoms with Crippen LogP contribution >= 0.6 is 15.9 Å². The highest BCUT2D eigenvalue weighted by atomic mass is 79.9. The molecule has 0 heterocycles. The third kappa shape index (κ3) is 6.57. The molecule has 1 aromatic carbocycles. The zero-order valence-electron chi connectivity index (χ0n) is 12.1. The van der Waals surface area contributed by atoms with Gasteiger partial charge >= 0.3 is 12.6 Å². The second kappa shape index (κ2) is 9.58. The van der Waals surface area contributed by atoms with Crippen LogP contribution in [-0.2, 0) is 11.3 Å². The zero-order valence-corrected chi connectivity index (χ0v) is 13.7. The van der Waals surface area contributed by atoms with Crippen LogP contribution in [0.5, 0.6) is 11.5 Å². The number of hydrogen-bond acceptors (Lipinski definition) is 4. The van der Waals surface area contributed by atoms with Crippen molar-refractivity contribution in [1.29, 1.82) is 0 Å². The van der Waals surface area contributed by atoms with Gasteiger partial charge in [0.25, 0.3) is 0 Å². The quantitative estimate of drug-likeness (QED) is 0.608. The Hall–Kier alpha value is -1.41. The average Bonchev–Trinajstić information content (AvgIpc) is 2.42. The van der Waals surface area contributed by atoms with Gasteiger partial charge in [-0.05, 0) is 53.5 Å². The maximum Gasteiger partial charge on any atom is 0.387 e. The summed E-state index contributed by atoms with van der Waals surface area (Å²) < 4.78 is 35.0. The molecule has 1 aromatic rings. The third-order valence-corrected chi connectivity index (χ3v) is 3.24. The van der Waals surface area contributed by atoms with E-state index in [4.69, 9.17) is 9.84 Å². The largest absolute Gasteiger partial charge is 0.490 e. The molecule has 0 atom stereocenters. The average molecular weight is 382 g/mol. The summed E-state index contributed by atoms with van der Waals surface area (Å²) in [5.41, 5.74) is 0.812. The summed E-state index contributed by atoms with van der Waals surface area (Å²) in [6.45, 7) is 0.143. The molecule has 0 bridgehead atoms. The number of rotatable bonds is 10. The van der Waals surface area contributed by atoms with Gasteiger partial charge in [0.05, 0.1) is 11.1 Å². The lowest BCUT2D eigenvalue weighted by atomic mass is 10.2. The summed E-state index contributed by atoms with van der Waals surface area (Å²) in [7, 11) is 0. The first-order valence-corrected chi connectivity index (χ1v) is 7.55. The fourth-order valence-electron chi connectivity index (χ4n) is 1.79. The smallest absolute Gasteiger partial charge is 0.387 e. The van der Waals surface area contributed by atoms with Gasteiger partial charge in [0.2, 0.25) is 0 Å². The maximum atomic E-state index is 12.4. The SMILES string of the molecule is CCOc1cc(CNCCCC(=O)O)cc(Br)c1OC(F)F. The van der Waals surface area contributed by atoms with E-state index in [0.29, 0.717) is 30.6 Å². The van der Waals surface area contributed by atoms with E-state index in [2.05, 4.69) is 26.0 Å². The first kappa shape index (κ1) is 18.6. The van der Waals surface area contributed by atoms with Crippen molar-refractivity contribution in [3.63, 3.8) is 0 Å². The van der Waals surface area contributed by atoms with Gasteiger partial charge in [-0.15, -0.1) is 0 Å². The van der Waals surface area contributed by atoms with Gasteiger partial charge in [-0.3, -0.25) is 4.79 Å². The second-order valence-electron chi connectivity index (χ2n) is 4.39. The Balaban J connectivity index is 2.69. The van der Waals surface area contributed by atoms with Crippen LogP contribution in [-0.4, -0.2) is 30.8 Å². The molecule has 0 aromatic heterocycles. The first-order valence-electron chi connectivity index (χ1n) is 6.76. The molecule has 2 N–H and O–H groups in total. The van der Waals surface area contributed by atoms with Crippen LogP contribution in [0.3, 0.4) is 0 Å². The van der Waals surface area contributed by atoms with Crippen LogP contribution in [0.1, 0.15) is 25.3 Å². The predicted molar refractivity (Wildman–Crippen MR) is 80.5 cm³/mol. The minimum absolute atomic E-state index is 0.0357. The number of benzene rings is 1. The topological polar surface area (TPSA) is 67.8 Å². The summed E-state index contributed by atoms with van der Waals surface area (Å²) in [6, 6.07) is 3.28. The Bertz CT molecular complexity index is 500. The normalized spacial score (nSPS) is 10.8. The zero-order chi connectivity index (χ0) is 16.5. The van der Waals surface area contributed by atoms with Crippen molar-refractivity contribution in [2.75, 3.05) is 13.2 Å². The molecule has 0 saturated heterocycles. The summed E-state index contributed by atoms with van der Waals surface area (Å²) in [6.07, 6.45) is 0.615. The number of carboxylic acid groups (broad SMARTS) is 1. The molecule has 8 heteroatoms. The first-order chi connectivity index (χ1) is 10.4. The van der Waals surface area contributed by atoms with Crippen molar-refractivity contribution in [2.24, 2.45) is 0 Å². The molecule has 0 amide bonds. The Kier molecular flexibility index (Phi) is 8.11. The van der Waals surface area contributed by atoms with Gasteiger partial charge in [-0.25, -0.2) is 0 Å². The molecule has 0 aliphatic rings. The van der Waals surface area contributed by atoms with Gasteiger partial charge < -0.3 is 19.9 Å². The Morgan fingerprint density at radius 2 is 2.18 bits per heavy atom. The molecule has 0 saturated carbocycles. The van der Waals surface area contributed by atoms with Crippen molar-refractivity contribution in [3.05, 3.63) is 22.2 Å². The van der Waals surface area contributed by atoms with Gasteiger partial charge in [-0.1, -0.05) is 0 Å². The van der Waals surface area contributed by atoms with E-state index in [1.165, 1.54) is 0 Å². The van der Waals surface area contributed by atoms with Gasteiger partial charge in [0, 0.05) is 13.0 Å². The minimum Gasteiger partial charge on any atom is -0.490 e. The number of hydrogen-bond donors (Lipinski definition) is 2. The molecule has 5 nitrogen and oxygen atoms in total. The van der Waals surface area contributed by atoms with Crippen molar-refractivity contribution in [1.82, 2.24) is 5.32 Å². The Morgan fingerprint density at radius 1 is 1.45 bits per heavy atom. The molecule has 0 spiro atoms. The van der Waals surface area contributed by atoms with Crippen LogP contribution in [0.15, 0.2) is 16.6 Å². The maximum absolute atomic E-state index is 12.4. The molecular weight excluding hydrogens is 364 g/mol. The van der Waals surface area contributed by atoms with Crippen molar-refractivity contribution in [2.45, 2.75) is 32.9 Å². The van der Waals surface area contributed by atoms with E-state index in [9.17, 15) is 13.6 Å². The lowest BCUT2D eigenvalue weighted by molar-refractivity contribution is -0.137. The lowest BCUT2D eigenvalue weighted by Crippen LogP contribution is -2.16. The number of carbonyl (C=O) groups is 1. The summed E-state index contributed by atoms with van der Waals surface area (Å²) in [4.78, 5) is 10.4. The van der Waals surface area contributed by atoms with E-state index in [0.717, 1.165) is 5.56 Å². The number of halogens is 3. The number of nitrogens with one attached hydrogen (secondary N) is 1. The molecule has 0 aliphatic carbocycles. The molecule has 1 rings (SSSR count). The Morgan fingerprint density at radius 3 is 2.77 bits per heavy atom. The van der Waals surface area contributed by atoms with Gasteiger partial charge in [0.1, 0.15) is 0 Å². The van der Waals surface area contributed by atoms with Crippen LogP contribution in [0.2, 0.25) is 0 Å². The number of ether oxygens (including phenoxy) is 2. The van der Waals surface area contributed by atoms with Crippen LogP contribution in [0, 0.1) is 0 Å². The summed E-state index contributed by atoms with van der Waals surface area (Å²) in [5, 5.41) is 11.6. The van der Waals surface area contributed by atoms with Crippen molar-refractivity contribution < 1.29 is 28.2 Å². The number of carboxylic acids is 1. The summed E-state index contributed by atoms with van der Waals surface area (Å²) in [5.74, 6) is -0.636. The standard InChI is InChI=1S/C14H18BrF2NO4/c1-2-21-11-7-9(8-18-5-3-4-12(19)20)6-10(15)13(11)22-14(16)17/h6-7,14,18H,2-5,8H2,1H3,(H,19,20). The highest BCUT2D eigenvalue weighted by Crippen LogP contribution is 2.37. The molecule has 0 unspecified atom stereocenters. The van der Waals surface area contributed by atoms with E-state index in [1.807, 2.05) is 0 Å². The third-order valence-electron chi connectivity index (χ3n) is 2.65. The lowest BCUT2D eigenvalue weighted by Gasteiger charge is -2.15. The molecule has 124 valence electrons. The van der Waals surface area contributed by atoms with E-state index in [-0.39, 0.29) is 17.9 Å². The van der Waals surface area contributed by atoms with Gasteiger partial charge in [0.15, 0.2) is 11.5 Å².